The van der Waals surface area contributed by atoms with Gasteiger partial charge in [0.15, 0.2) is 0 Å². The summed E-state index contributed by atoms with van der Waals surface area (Å²) in [6.07, 6.45) is -0.370. The van der Waals surface area contributed by atoms with E-state index in [4.69, 9.17) is 9.47 Å². The third kappa shape index (κ3) is 9.80. The summed E-state index contributed by atoms with van der Waals surface area (Å²) in [6, 6.07) is 0. The number of aliphatic hydroxyl groups is 1. The molecular formula is C10H22O3. The van der Waals surface area contributed by atoms with Crippen molar-refractivity contribution >= 4 is 0 Å². The largest absolute Gasteiger partial charge is 0.388 e. The molecule has 0 saturated heterocycles. The molecule has 13 heavy (non-hydrogen) atoms. The average Bonchev–Trinajstić information content (AvgIpc) is 1.95. The molecule has 0 heterocycles. The number of aliphatic hydroxyl groups excluding tert-OH is 1. The normalized spacial score (nSPS) is 15.0. The van der Waals surface area contributed by atoms with E-state index in [0.29, 0.717) is 13.2 Å². The zero-order valence-electron chi connectivity index (χ0n) is 9.33. The fourth-order valence-electron chi connectivity index (χ4n) is 0.698. The molecule has 0 amide bonds. The molecule has 0 aromatic carbocycles. The lowest BCUT2D eigenvalue weighted by molar-refractivity contribution is -0.0785. The van der Waals surface area contributed by atoms with Gasteiger partial charge in [0.2, 0.25) is 0 Å². The Morgan fingerprint density at radius 2 is 1.69 bits per heavy atom. The predicted octanol–water partition coefficient (Wildman–Crippen LogP) is 1.59. The lowest BCUT2D eigenvalue weighted by Crippen LogP contribution is -2.29. The van der Waals surface area contributed by atoms with Crippen LogP contribution in [0.25, 0.3) is 0 Å². The Bertz CT molecular complexity index is 127. The Morgan fingerprint density at radius 3 is 2.08 bits per heavy atom. The van der Waals surface area contributed by atoms with Crippen LogP contribution in [0.4, 0.5) is 0 Å². The molecule has 0 aromatic rings. The monoisotopic (exact) mass is 190 g/mol. The van der Waals surface area contributed by atoms with Crippen LogP contribution in [0.1, 0.15) is 34.6 Å². The lowest BCUT2D eigenvalue weighted by atomic mass is 10.2. The highest BCUT2D eigenvalue weighted by Crippen LogP contribution is 2.07. The molecule has 0 radical (unpaired) electrons. The summed E-state index contributed by atoms with van der Waals surface area (Å²) in [5.74, 6) is 0. The first-order chi connectivity index (χ1) is 5.81. The molecule has 0 aliphatic heterocycles. The van der Waals surface area contributed by atoms with Gasteiger partial charge in [-0.15, -0.1) is 0 Å². The topological polar surface area (TPSA) is 38.7 Å². The zero-order chi connectivity index (χ0) is 10.5. The first-order valence-electron chi connectivity index (χ1n) is 4.75. The van der Waals surface area contributed by atoms with Gasteiger partial charge in [0.25, 0.3) is 0 Å². The number of hydrogen-bond acceptors (Lipinski definition) is 3. The predicted molar refractivity (Wildman–Crippen MR) is 52.8 cm³/mol. The van der Waals surface area contributed by atoms with Gasteiger partial charge in [-0.05, 0) is 34.6 Å². The maximum atomic E-state index is 9.41. The van der Waals surface area contributed by atoms with Gasteiger partial charge in [-0.2, -0.15) is 0 Å². The van der Waals surface area contributed by atoms with E-state index < -0.39 is 6.10 Å². The highest BCUT2D eigenvalue weighted by Gasteiger charge is 2.13. The van der Waals surface area contributed by atoms with E-state index in [0.717, 1.165) is 0 Å². The van der Waals surface area contributed by atoms with E-state index in [2.05, 4.69) is 0 Å². The van der Waals surface area contributed by atoms with Crippen molar-refractivity contribution in [3.05, 3.63) is 0 Å². The van der Waals surface area contributed by atoms with Crippen molar-refractivity contribution in [2.24, 2.45) is 0 Å². The van der Waals surface area contributed by atoms with Gasteiger partial charge in [-0.1, -0.05) is 0 Å². The summed E-state index contributed by atoms with van der Waals surface area (Å²) in [4.78, 5) is 0. The first kappa shape index (κ1) is 12.9. The van der Waals surface area contributed by atoms with Crippen LogP contribution in [0.3, 0.4) is 0 Å². The highest BCUT2D eigenvalue weighted by atomic mass is 16.5. The second-order valence-corrected chi connectivity index (χ2v) is 4.46. The standard InChI is InChI=1S/C10H22O3/c1-8(2)12-6-9(11)7-13-10(3,4)5/h8-9,11H,6-7H2,1-5H3. The van der Waals surface area contributed by atoms with E-state index in [1.165, 1.54) is 0 Å². The van der Waals surface area contributed by atoms with Crippen molar-refractivity contribution in [1.82, 2.24) is 0 Å². The van der Waals surface area contributed by atoms with E-state index in [1.807, 2.05) is 34.6 Å². The number of ether oxygens (including phenoxy) is 2. The Hall–Kier alpha value is -0.120. The first-order valence-corrected chi connectivity index (χ1v) is 4.75. The van der Waals surface area contributed by atoms with Crippen LogP contribution in [-0.2, 0) is 9.47 Å². The van der Waals surface area contributed by atoms with Crippen molar-refractivity contribution < 1.29 is 14.6 Å². The fraction of sp³-hybridized carbons (Fsp3) is 1.00. The van der Waals surface area contributed by atoms with Crippen LogP contribution >= 0.6 is 0 Å². The molecule has 0 saturated carbocycles. The number of rotatable bonds is 5. The minimum atomic E-state index is -0.526. The summed E-state index contributed by atoms with van der Waals surface area (Å²) in [7, 11) is 0. The van der Waals surface area contributed by atoms with Gasteiger partial charge in [0, 0.05) is 0 Å². The highest BCUT2D eigenvalue weighted by molar-refractivity contribution is 4.61. The molecule has 0 rings (SSSR count). The van der Waals surface area contributed by atoms with Crippen LogP contribution in [0.2, 0.25) is 0 Å². The Morgan fingerprint density at radius 1 is 1.15 bits per heavy atom. The molecule has 0 spiro atoms. The molecule has 3 heteroatoms. The van der Waals surface area contributed by atoms with E-state index in [9.17, 15) is 5.11 Å². The number of hydrogen-bond donors (Lipinski definition) is 1. The Labute approximate surface area is 81.0 Å². The zero-order valence-corrected chi connectivity index (χ0v) is 9.33. The molecule has 3 nitrogen and oxygen atoms in total. The van der Waals surface area contributed by atoms with Crippen molar-refractivity contribution in [3.8, 4) is 0 Å². The lowest BCUT2D eigenvalue weighted by Gasteiger charge is -2.22. The van der Waals surface area contributed by atoms with Gasteiger partial charge < -0.3 is 14.6 Å². The van der Waals surface area contributed by atoms with Crippen molar-refractivity contribution in [2.75, 3.05) is 13.2 Å². The second-order valence-electron chi connectivity index (χ2n) is 4.46. The maximum Gasteiger partial charge on any atom is 0.101 e. The summed E-state index contributed by atoms with van der Waals surface area (Å²) in [6.45, 7) is 10.4. The van der Waals surface area contributed by atoms with E-state index >= 15 is 0 Å². The maximum absolute atomic E-state index is 9.41. The molecule has 0 aliphatic rings. The van der Waals surface area contributed by atoms with E-state index in [1.54, 1.807) is 0 Å². The quantitative estimate of drug-likeness (QED) is 0.715. The summed E-state index contributed by atoms with van der Waals surface area (Å²) in [5.41, 5.74) is -0.196. The van der Waals surface area contributed by atoms with Gasteiger partial charge in [0.05, 0.1) is 24.9 Å². The molecule has 0 fully saturated rings. The van der Waals surface area contributed by atoms with Crippen LogP contribution in [0.5, 0.6) is 0 Å². The summed E-state index contributed by atoms with van der Waals surface area (Å²) >= 11 is 0. The molecule has 0 aromatic heterocycles. The average molecular weight is 190 g/mol. The molecule has 80 valence electrons. The Balaban J connectivity index is 3.46. The molecule has 1 unspecified atom stereocenters. The smallest absolute Gasteiger partial charge is 0.101 e. The Kier molecular flexibility index (Phi) is 5.53. The summed E-state index contributed by atoms with van der Waals surface area (Å²) in [5, 5.41) is 9.41. The van der Waals surface area contributed by atoms with Crippen LogP contribution in [0, 0.1) is 0 Å². The van der Waals surface area contributed by atoms with Crippen molar-refractivity contribution in [1.29, 1.82) is 0 Å². The van der Waals surface area contributed by atoms with Crippen LogP contribution < -0.4 is 0 Å². The summed E-state index contributed by atoms with van der Waals surface area (Å²) < 4.78 is 10.6. The minimum absolute atomic E-state index is 0.157. The van der Waals surface area contributed by atoms with Crippen LogP contribution in [-0.4, -0.2) is 36.1 Å². The minimum Gasteiger partial charge on any atom is -0.388 e. The molecule has 0 bridgehead atoms. The van der Waals surface area contributed by atoms with Crippen molar-refractivity contribution in [2.45, 2.75) is 52.4 Å². The van der Waals surface area contributed by atoms with Gasteiger partial charge in [-0.3, -0.25) is 0 Å². The SMILES string of the molecule is CC(C)OCC(O)COC(C)(C)C. The van der Waals surface area contributed by atoms with Crippen LogP contribution in [0.15, 0.2) is 0 Å². The molecule has 1 N–H and O–H groups in total. The van der Waals surface area contributed by atoms with Gasteiger partial charge in [0.1, 0.15) is 6.10 Å². The molecular weight excluding hydrogens is 168 g/mol. The third-order valence-corrected chi connectivity index (χ3v) is 1.33. The van der Waals surface area contributed by atoms with Crippen molar-refractivity contribution in [3.63, 3.8) is 0 Å². The molecule has 1 atom stereocenters. The second kappa shape index (κ2) is 5.58. The van der Waals surface area contributed by atoms with Gasteiger partial charge >= 0.3 is 0 Å². The van der Waals surface area contributed by atoms with E-state index in [-0.39, 0.29) is 11.7 Å². The fourth-order valence-corrected chi connectivity index (χ4v) is 0.698. The van der Waals surface area contributed by atoms with Gasteiger partial charge in [-0.25, -0.2) is 0 Å². The molecule has 0 aliphatic carbocycles. The third-order valence-electron chi connectivity index (χ3n) is 1.33.